The molecule has 2 aromatic rings. The fraction of sp³-hybridized carbons (Fsp3) is 0.0909. The molecule has 19 heavy (non-hydrogen) atoms. The van der Waals surface area contributed by atoms with Gasteiger partial charge in [0.05, 0.1) is 4.92 Å². The summed E-state index contributed by atoms with van der Waals surface area (Å²) in [6.45, 7) is 0.403. The lowest BCUT2D eigenvalue weighted by Crippen LogP contribution is -2.11. The predicted octanol–water partition coefficient (Wildman–Crippen LogP) is 1.76. The summed E-state index contributed by atoms with van der Waals surface area (Å²) in [6.07, 6.45) is 1.11. The maximum atomic E-state index is 11.8. The van der Waals surface area contributed by atoms with Gasteiger partial charge in [0.1, 0.15) is 6.20 Å². The highest BCUT2D eigenvalue weighted by Crippen LogP contribution is 2.25. The van der Waals surface area contributed by atoms with Gasteiger partial charge in [-0.05, 0) is 29.0 Å². The van der Waals surface area contributed by atoms with Crippen molar-refractivity contribution in [2.24, 2.45) is 5.73 Å². The lowest BCUT2D eigenvalue weighted by atomic mass is 10.1. The molecule has 0 bridgehead atoms. The highest BCUT2D eigenvalue weighted by molar-refractivity contribution is 7.18. The van der Waals surface area contributed by atoms with E-state index in [4.69, 9.17) is 5.73 Å². The van der Waals surface area contributed by atoms with E-state index in [1.54, 1.807) is 24.3 Å². The second-order valence-electron chi connectivity index (χ2n) is 3.62. The first-order valence-corrected chi connectivity index (χ1v) is 6.12. The first-order chi connectivity index (χ1) is 9.10. The van der Waals surface area contributed by atoms with Crippen LogP contribution in [0.2, 0.25) is 0 Å². The van der Waals surface area contributed by atoms with Crippen molar-refractivity contribution in [1.82, 2.24) is 4.98 Å². The van der Waals surface area contributed by atoms with Gasteiger partial charge in [0, 0.05) is 12.1 Å². The average molecular weight is 278 g/mol. The number of carbonyl (C=O) groups is 1. The van der Waals surface area contributed by atoms with Crippen LogP contribution in [-0.4, -0.2) is 15.8 Å². The number of nitro groups is 1. The fourth-order valence-corrected chi connectivity index (χ4v) is 2.00. The second-order valence-corrected chi connectivity index (χ2v) is 4.63. The highest BCUT2D eigenvalue weighted by atomic mass is 32.1. The normalized spacial score (nSPS) is 10.2. The van der Waals surface area contributed by atoms with E-state index >= 15 is 0 Å². The molecule has 98 valence electrons. The number of aromatic nitrogens is 1. The molecule has 1 aromatic heterocycles. The van der Waals surface area contributed by atoms with E-state index in [0.717, 1.165) is 23.1 Å². The van der Waals surface area contributed by atoms with Crippen LogP contribution in [0.1, 0.15) is 15.9 Å². The molecule has 1 amide bonds. The van der Waals surface area contributed by atoms with Crippen LogP contribution in [0.15, 0.2) is 30.5 Å². The molecule has 8 heteroatoms. The Morgan fingerprint density at radius 1 is 1.42 bits per heavy atom. The monoisotopic (exact) mass is 278 g/mol. The summed E-state index contributed by atoms with van der Waals surface area (Å²) in [5, 5.41) is 13.1. The zero-order valence-corrected chi connectivity index (χ0v) is 10.5. The van der Waals surface area contributed by atoms with E-state index in [9.17, 15) is 14.9 Å². The van der Waals surface area contributed by atoms with Crippen molar-refractivity contribution in [1.29, 1.82) is 0 Å². The molecule has 0 aliphatic rings. The molecule has 0 aliphatic carbocycles. The Hall–Kier alpha value is -2.32. The topological polar surface area (TPSA) is 111 Å². The van der Waals surface area contributed by atoms with Gasteiger partial charge < -0.3 is 5.73 Å². The minimum atomic E-state index is -0.552. The number of hydrogen-bond acceptors (Lipinski definition) is 6. The predicted molar refractivity (Wildman–Crippen MR) is 71.1 cm³/mol. The van der Waals surface area contributed by atoms with Crippen LogP contribution in [0.3, 0.4) is 0 Å². The number of amides is 1. The van der Waals surface area contributed by atoms with Crippen molar-refractivity contribution in [3.05, 3.63) is 51.7 Å². The summed E-state index contributed by atoms with van der Waals surface area (Å²) in [7, 11) is 0. The zero-order chi connectivity index (χ0) is 13.8. The van der Waals surface area contributed by atoms with Crippen LogP contribution in [0, 0.1) is 10.1 Å². The first kappa shape index (κ1) is 13.1. The van der Waals surface area contributed by atoms with Crippen LogP contribution in [0.5, 0.6) is 0 Å². The molecule has 0 saturated heterocycles. The molecule has 0 fully saturated rings. The molecule has 0 saturated carbocycles. The third-order valence-corrected chi connectivity index (χ3v) is 3.21. The summed E-state index contributed by atoms with van der Waals surface area (Å²) in [4.78, 5) is 25.5. The Kier molecular flexibility index (Phi) is 3.83. The molecular formula is C11H10N4O3S. The maximum Gasteiger partial charge on any atom is 0.345 e. The van der Waals surface area contributed by atoms with Gasteiger partial charge >= 0.3 is 5.00 Å². The number of nitrogens with two attached hydrogens (primary N) is 1. The summed E-state index contributed by atoms with van der Waals surface area (Å²) in [5.41, 5.74) is 6.82. The maximum absolute atomic E-state index is 11.8. The van der Waals surface area contributed by atoms with Crippen LogP contribution >= 0.6 is 11.3 Å². The van der Waals surface area contributed by atoms with Crippen LogP contribution in [0.4, 0.5) is 10.1 Å². The number of benzene rings is 1. The van der Waals surface area contributed by atoms with Gasteiger partial charge in [-0.3, -0.25) is 20.2 Å². The van der Waals surface area contributed by atoms with E-state index < -0.39 is 4.92 Å². The third kappa shape index (κ3) is 3.12. The number of hydrogen-bond donors (Lipinski definition) is 2. The molecule has 1 aromatic carbocycles. The van der Waals surface area contributed by atoms with Crippen molar-refractivity contribution in [3.8, 4) is 0 Å². The Labute approximate surface area is 112 Å². The molecule has 7 nitrogen and oxygen atoms in total. The van der Waals surface area contributed by atoms with Gasteiger partial charge in [-0.2, -0.15) is 0 Å². The van der Waals surface area contributed by atoms with Crippen molar-refractivity contribution in [2.75, 3.05) is 5.32 Å². The highest BCUT2D eigenvalue weighted by Gasteiger charge is 2.14. The molecule has 0 radical (unpaired) electrons. The molecule has 2 rings (SSSR count). The van der Waals surface area contributed by atoms with E-state index in [0.29, 0.717) is 12.1 Å². The summed E-state index contributed by atoms with van der Waals surface area (Å²) < 4.78 is 0. The number of anilines is 1. The van der Waals surface area contributed by atoms with Crippen LogP contribution in [0.25, 0.3) is 0 Å². The van der Waals surface area contributed by atoms with Gasteiger partial charge in [0.15, 0.2) is 5.13 Å². The fourth-order valence-electron chi connectivity index (χ4n) is 1.37. The van der Waals surface area contributed by atoms with E-state index in [2.05, 4.69) is 10.3 Å². The second kappa shape index (κ2) is 5.55. The average Bonchev–Trinajstić information content (AvgIpc) is 2.87. The third-order valence-electron chi connectivity index (χ3n) is 2.35. The quantitative estimate of drug-likeness (QED) is 0.653. The van der Waals surface area contributed by atoms with Gasteiger partial charge in [-0.15, -0.1) is 0 Å². The van der Waals surface area contributed by atoms with Crippen LogP contribution < -0.4 is 11.1 Å². The number of nitrogens with zero attached hydrogens (tertiary/aromatic N) is 2. The number of rotatable bonds is 4. The molecule has 3 N–H and O–H groups in total. The SMILES string of the molecule is NCc1ccc(C(=O)Nc2ncc([N+](=O)[O-])s2)cc1. The molecule has 0 atom stereocenters. The van der Waals surface area contributed by atoms with Crippen molar-refractivity contribution >= 4 is 27.4 Å². The molecule has 0 spiro atoms. The molecular weight excluding hydrogens is 268 g/mol. The van der Waals surface area contributed by atoms with Gasteiger partial charge in [-0.25, -0.2) is 4.98 Å². The lowest BCUT2D eigenvalue weighted by molar-refractivity contribution is -0.380. The van der Waals surface area contributed by atoms with Gasteiger partial charge in [0.25, 0.3) is 5.91 Å². The molecule has 1 heterocycles. The Morgan fingerprint density at radius 2 is 2.11 bits per heavy atom. The standard InChI is InChI=1S/C11H10N4O3S/c12-5-7-1-3-8(4-2-7)10(16)14-11-13-6-9(19-11)15(17)18/h1-4,6H,5,12H2,(H,13,14,16). The van der Waals surface area contributed by atoms with Crippen LogP contribution in [-0.2, 0) is 6.54 Å². The van der Waals surface area contributed by atoms with Gasteiger partial charge in [-0.1, -0.05) is 12.1 Å². The number of nitrogens with one attached hydrogen (secondary N) is 1. The Morgan fingerprint density at radius 3 is 2.63 bits per heavy atom. The summed E-state index contributed by atoms with van der Waals surface area (Å²) >= 11 is 0.810. The largest absolute Gasteiger partial charge is 0.345 e. The molecule has 0 aliphatic heterocycles. The van der Waals surface area contributed by atoms with Crippen molar-refractivity contribution in [2.45, 2.75) is 6.54 Å². The van der Waals surface area contributed by atoms with Gasteiger partial charge in [0.2, 0.25) is 0 Å². The Balaban J connectivity index is 2.08. The van der Waals surface area contributed by atoms with E-state index in [1.807, 2.05) is 0 Å². The molecule has 0 unspecified atom stereocenters. The number of carbonyl (C=O) groups excluding carboxylic acids is 1. The van der Waals surface area contributed by atoms with E-state index in [1.165, 1.54) is 0 Å². The Bertz CT molecular complexity index is 609. The summed E-state index contributed by atoms with van der Waals surface area (Å²) in [6, 6.07) is 6.78. The first-order valence-electron chi connectivity index (χ1n) is 5.30. The smallest absolute Gasteiger partial charge is 0.326 e. The minimum Gasteiger partial charge on any atom is -0.326 e. The summed E-state index contributed by atoms with van der Waals surface area (Å²) in [5.74, 6) is -0.368. The van der Waals surface area contributed by atoms with Crippen molar-refractivity contribution in [3.63, 3.8) is 0 Å². The lowest BCUT2D eigenvalue weighted by Gasteiger charge is -2.02. The zero-order valence-electron chi connectivity index (χ0n) is 9.70. The van der Waals surface area contributed by atoms with E-state index in [-0.39, 0.29) is 16.0 Å². The van der Waals surface area contributed by atoms with Crippen molar-refractivity contribution < 1.29 is 9.72 Å². The number of thiazole rings is 1. The minimum absolute atomic E-state index is 0.117.